The van der Waals surface area contributed by atoms with Crippen LogP contribution in [0.3, 0.4) is 0 Å². The number of fused-ring (bicyclic) bond motifs is 1. The SMILES string of the molecule is NC(=O)c1nc(-c2cccc(O)c2)nc2c1[nH]c(=O)n2[C@@H]1CCOC1. The fraction of sp³-hybridized carbons (Fsp3) is 0.250. The van der Waals surface area contributed by atoms with Crippen molar-refractivity contribution in [1.82, 2.24) is 19.5 Å². The van der Waals surface area contributed by atoms with Gasteiger partial charge in [-0.05, 0) is 18.6 Å². The van der Waals surface area contributed by atoms with E-state index in [1.54, 1.807) is 12.1 Å². The van der Waals surface area contributed by atoms with Gasteiger partial charge in [-0.15, -0.1) is 0 Å². The standard InChI is InChI=1S/C16H15N5O4/c17-13(23)11-12-15(21(16(24)19-12)9-4-5-25-7-9)20-14(18-11)8-2-1-3-10(22)6-8/h1-3,6,9,22H,4-5,7H2,(H2,17,23)(H,19,24)/t9-/m1/s1. The summed E-state index contributed by atoms with van der Waals surface area (Å²) >= 11 is 0. The normalized spacial score (nSPS) is 17.2. The number of carbonyl (C=O) groups is 1. The number of primary amides is 1. The van der Waals surface area contributed by atoms with E-state index in [0.29, 0.717) is 30.8 Å². The van der Waals surface area contributed by atoms with Crippen molar-refractivity contribution in [3.05, 3.63) is 40.4 Å². The number of nitrogens with zero attached hydrogens (tertiary/aromatic N) is 3. The van der Waals surface area contributed by atoms with Crippen molar-refractivity contribution < 1.29 is 14.6 Å². The van der Waals surface area contributed by atoms with Crippen molar-refractivity contribution in [2.75, 3.05) is 13.2 Å². The Balaban J connectivity index is 2.01. The maximum absolute atomic E-state index is 12.4. The number of phenolic OH excluding ortho intramolecular Hbond substituents is 1. The highest BCUT2D eigenvalue weighted by atomic mass is 16.5. The number of benzene rings is 1. The molecule has 4 N–H and O–H groups in total. The Labute approximate surface area is 141 Å². The number of hydrogen-bond acceptors (Lipinski definition) is 6. The van der Waals surface area contributed by atoms with Gasteiger partial charge in [-0.25, -0.2) is 14.8 Å². The number of H-pyrrole nitrogens is 1. The van der Waals surface area contributed by atoms with E-state index in [2.05, 4.69) is 15.0 Å². The first kappa shape index (κ1) is 15.3. The molecule has 4 rings (SSSR count). The molecule has 9 nitrogen and oxygen atoms in total. The van der Waals surface area contributed by atoms with Crippen LogP contribution in [0.25, 0.3) is 22.6 Å². The van der Waals surface area contributed by atoms with Gasteiger partial charge in [0.25, 0.3) is 5.91 Å². The number of aromatic amines is 1. The number of phenols is 1. The van der Waals surface area contributed by atoms with Gasteiger partial charge in [0.1, 0.15) is 11.3 Å². The number of carbonyl (C=O) groups excluding carboxylic acids is 1. The average molecular weight is 341 g/mol. The second kappa shape index (κ2) is 5.71. The zero-order valence-electron chi connectivity index (χ0n) is 13.1. The molecule has 0 saturated carbocycles. The minimum absolute atomic E-state index is 0.0393. The number of nitrogens with two attached hydrogens (primary N) is 1. The fourth-order valence-corrected chi connectivity index (χ4v) is 3.02. The molecule has 0 bridgehead atoms. The lowest BCUT2D eigenvalue weighted by molar-refractivity contribution is 0.0997. The second-order valence-corrected chi connectivity index (χ2v) is 5.83. The largest absolute Gasteiger partial charge is 0.508 e. The maximum atomic E-state index is 12.4. The van der Waals surface area contributed by atoms with E-state index < -0.39 is 11.6 Å². The number of aromatic nitrogens is 4. The Morgan fingerprint density at radius 1 is 1.40 bits per heavy atom. The Morgan fingerprint density at radius 3 is 2.92 bits per heavy atom. The molecule has 3 heterocycles. The van der Waals surface area contributed by atoms with Crippen LogP contribution >= 0.6 is 0 Å². The Bertz CT molecular complexity index is 1030. The first-order valence-electron chi connectivity index (χ1n) is 7.74. The molecule has 128 valence electrons. The number of nitrogens with one attached hydrogen (secondary N) is 1. The van der Waals surface area contributed by atoms with Crippen molar-refractivity contribution in [3.63, 3.8) is 0 Å². The summed E-state index contributed by atoms with van der Waals surface area (Å²) in [5, 5.41) is 9.67. The van der Waals surface area contributed by atoms with Gasteiger partial charge >= 0.3 is 5.69 Å². The summed E-state index contributed by atoms with van der Waals surface area (Å²) in [4.78, 5) is 35.5. The summed E-state index contributed by atoms with van der Waals surface area (Å²) in [6.07, 6.45) is 0.671. The first-order chi connectivity index (χ1) is 12.0. The van der Waals surface area contributed by atoms with Crippen molar-refractivity contribution >= 4 is 17.1 Å². The zero-order valence-corrected chi connectivity index (χ0v) is 13.1. The van der Waals surface area contributed by atoms with Crippen LogP contribution in [0.1, 0.15) is 23.0 Å². The lowest BCUT2D eigenvalue weighted by Crippen LogP contribution is -2.22. The van der Waals surface area contributed by atoms with Gasteiger partial charge in [-0.2, -0.15) is 0 Å². The van der Waals surface area contributed by atoms with Crippen LogP contribution in [0.5, 0.6) is 5.75 Å². The number of aromatic hydroxyl groups is 1. The van der Waals surface area contributed by atoms with Gasteiger partial charge in [0.15, 0.2) is 17.2 Å². The van der Waals surface area contributed by atoms with E-state index >= 15 is 0 Å². The molecule has 1 amide bonds. The van der Waals surface area contributed by atoms with Gasteiger partial charge in [-0.3, -0.25) is 9.36 Å². The topological polar surface area (TPSA) is 136 Å². The second-order valence-electron chi connectivity index (χ2n) is 5.83. The van der Waals surface area contributed by atoms with Gasteiger partial charge in [0.2, 0.25) is 0 Å². The van der Waals surface area contributed by atoms with Gasteiger partial charge in [0, 0.05) is 12.2 Å². The highest BCUT2D eigenvalue weighted by Gasteiger charge is 2.26. The van der Waals surface area contributed by atoms with Crippen LogP contribution in [-0.2, 0) is 4.74 Å². The van der Waals surface area contributed by atoms with Crippen LogP contribution in [0, 0.1) is 0 Å². The number of amides is 1. The molecule has 1 fully saturated rings. The van der Waals surface area contributed by atoms with E-state index in [4.69, 9.17) is 10.5 Å². The van der Waals surface area contributed by atoms with E-state index in [0.717, 1.165) is 0 Å². The molecule has 9 heteroatoms. The third-order valence-corrected chi connectivity index (χ3v) is 4.18. The number of hydrogen-bond donors (Lipinski definition) is 3. The Hall–Kier alpha value is -3.20. The van der Waals surface area contributed by atoms with Crippen LogP contribution in [0.4, 0.5) is 0 Å². The number of rotatable bonds is 3. The summed E-state index contributed by atoms with van der Waals surface area (Å²) in [5.74, 6) is -0.536. The van der Waals surface area contributed by atoms with Crippen LogP contribution in [0.2, 0.25) is 0 Å². The van der Waals surface area contributed by atoms with E-state index in [1.807, 2.05) is 0 Å². The predicted octanol–water partition coefficient (Wildman–Crippen LogP) is 0.552. The van der Waals surface area contributed by atoms with Crippen molar-refractivity contribution in [1.29, 1.82) is 0 Å². The quantitative estimate of drug-likeness (QED) is 0.636. The Morgan fingerprint density at radius 2 is 2.24 bits per heavy atom. The third kappa shape index (κ3) is 2.54. The van der Waals surface area contributed by atoms with Crippen molar-refractivity contribution in [2.45, 2.75) is 12.5 Å². The minimum atomic E-state index is -0.773. The number of ether oxygens (including phenoxy) is 1. The zero-order chi connectivity index (χ0) is 17.6. The highest BCUT2D eigenvalue weighted by Crippen LogP contribution is 2.26. The van der Waals surface area contributed by atoms with Crippen LogP contribution < -0.4 is 11.4 Å². The first-order valence-corrected chi connectivity index (χ1v) is 7.74. The number of imidazole rings is 1. The molecule has 0 unspecified atom stereocenters. The van der Waals surface area contributed by atoms with Crippen molar-refractivity contribution in [2.24, 2.45) is 5.73 Å². The smallest absolute Gasteiger partial charge is 0.328 e. The molecular formula is C16H15N5O4. The predicted molar refractivity (Wildman–Crippen MR) is 88.2 cm³/mol. The summed E-state index contributed by atoms with van der Waals surface area (Å²) in [5.41, 5.74) is 5.97. The summed E-state index contributed by atoms with van der Waals surface area (Å²) in [7, 11) is 0. The summed E-state index contributed by atoms with van der Waals surface area (Å²) in [6.45, 7) is 0.946. The van der Waals surface area contributed by atoms with Crippen LogP contribution in [-0.4, -0.2) is 43.7 Å². The molecule has 0 spiro atoms. The Kier molecular flexibility index (Phi) is 3.50. The van der Waals surface area contributed by atoms with E-state index in [9.17, 15) is 14.7 Å². The molecule has 1 aliphatic heterocycles. The molecule has 1 aliphatic rings. The van der Waals surface area contributed by atoms with Crippen LogP contribution in [0.15, 0.2) is 29.1 Å². The lowest BCUT2D eigenvalue weighted by Gasteiger charge is -2.10. The molecule has 25 heavy (non-hydrogen) atoms. The maximum Gasteiger partial charge on any atom is 0.328 e. The van der Waals surface area contributed by atoms with Gasteiger partial charge < -0.3 is 20.6 Å². The molecule has 1 atom stereocenters. The summed E-state index contributed by atoms with van der Waals surface area (Å²) in [6, 6.07) is 6.14. The molecule has 0 aliphatic carbocycles. The highest BCUT2D eigenvalue weighted by molar-refractivity contribution is 6.01. The third-order valence-electron chi connectivity index (χ3n) is 4.18. The van der Waals surface area contributed by atoms with Gasteiger partial charge in [0.05, 0.1) is 12.6 Å². The minimum Gasteiger partial charge on any atom is -0.508 e. The lowest BCUT2D eigenvalue weighted by atomic mass is 10.2. The average Bonchev–Trinajstić information content (AvgIpc) is 3.20. The monoisotopic (exact) mass is 341 g/mol. The van der Waals surface area contributed by atoms with E-state index in [-0.39, 0.29) is 28.8 Å². The molecule has 3 aromatic rings. The molecule has 0 radical (unpaired) electrons. The van der Waals surface area contributed by atoms with E-state index in [1.165, 1.54) is 16.7 Å². The fourth-order valence-electron chi connectivity index (χ4n) is 3.02. The molecule has 1 saturated heterocycles. The molecular weight excluding hydrogens is 326 g/mol. The van der Waals surface area contributed by atoms with Gasteiger partial charge in [-0.1, -0.05) is 12.1 Å². The van der Waals surface area contributed by atoms with Crippen molar-refractivity contribution in [3.8, 4) is 17.1 Å². The summed E-state index contributed by atoms with van der Waals surface area (Å²) < 4.78 is 6.83. The molecule has 2 aromatic heterocycles. The molecule has 1 aromatic carbocycles.